The Kier molecular flexibility index (Phi) is 5.35. The second kappa shape index (κ2) is 8.38. The monoisotopic (exact) mass is 516 g/mol. The lowest BCUT2D eigenvalue weighted by Crippen LogP contribution is -2.52. The van der Waals surface area contributed by atoms with Gasteiger partial charge in [0.25, 0.3) is 0 Å². The highest BCUT2D eigenvalue weighted by atomic mass is 35.5. The van der Waals surface area contributed by atoms with Crippen LogP contribution in [0.4, 0.5) is 0 Å². The summed E-state index contributed by atoms with van der Waals surface area (Å²) in [4.78, 5) is 27.8. The molecule has 188 valence electrons. The first-order valence-corrected chi connectivity index (χ1v) is 12.5. The Morgan fingerprint density at radius 2 is 1.49 bits per heavy atom. The molecule has 0 saturated heterocycles. The van der Waals surface area contributed by atoms with Crippen molar-refractivity contribution < 1.29 is 28.5 Å². The van der Waals surface area contributed by atoms with E-state index < -0.39 is 17.1 Å². The van der Waals surface area contributed by atoms with E-state index in [1.54, 1.807) is 6.07 Å². The minimum Gasteiger partial charge on any atom is -0.496 e. The van der Waals surface area contributed by atoms with E-state index in [-0.39, 0.29) is 46.5 Å². The molecular weight excluding hydrogens is 492 g/mol. The first-order chi connectivity index (χ1) is 17.9. The summed E-state index contributed by atoms with van der Waals surface area (Å²) in [6.07, 6.45) is 0.420. The summed E-state index contributed by atoms with van der Waals surface area (Å²) in [5.41, 5.74) is -0.0990. The maximum Gasteiger partial charge on any atom is 0.231 e. The molecule has 0 fully saturated rings. The van der Waals surface area contributed by atoms with Crippen LogP contribution in [-0.2, 0) is 15.1 Å². The molecular formula is C30H25ClO6. The highest BCUT2D eigenvalue weighted by molar-refractivity contribution is 6.35. The Hall–Kier alpha value is -3.77. The highest BCUT2D eigenvalue weighted by Crippen LogP contribution is 2.60. The van der Waals surface area contributed by atoms with Crippen molar-refractivity contribution in [2.45, 2.75) is 31.0 Å². The summed E-state index contributed by atoms with van der Waals surface area (Å²) in [6, 6.07) is 21.1. The average molecular weight is 517 g/mol. The van der Waals surface area contributed by atoms with Crippen molar-refractivity contribution in [1.82, 2.24) is 0 Å². The Labute approximate surface area is 219 Å². The van der Waals surface area contributed by atoms with Gasteiger partial charge in [0.1, 0.15) is 22.1 Å². The molecule has 2 atom stereocenters. The van der Waals surface area contributed by atoms with Crippen molar-refractivity contribution in [2.75, 3.05) is 14.2 Å². The standard InChI is InChI=1S/C30H25ClO6/c1-17-14-21(32)20-16-29(18-10-6-4-7-11-18,19-12-8-5-9-13-19)37-28(20)30(17)27(33)24-22(34-2)15-23(35-3)25(31)26(24)36-30/h4-13,15,17H,14,16H2,1-3H3/t17-,30-/m1/s1. The molecule has 6 rings (SSSR count). The van der Waals surface area contributed by atoms with Crippen molar-refractivity contribution in [2.24, 2.45) is 5.92 Å². The van der Waals surface area contributed by atoms with Gasteiger partial charge in [-0.1, -0.05) is 79.2 Å². The predicted molar refractivity (Wildman–Crippen MR) is 137 cm³/mol. The molecule has 6 nitrogen and oxygen atoms in total. The number of halogens is 1. The molecule has 0 saturated carbocycles. The number of hydrogen-bond donors (Lipinski definition) is 0. The van der Waals surface area contributed by atoms with Crippen LogP contribution in [0.15, 0.2) is 78.1 Å². The number of rotatable bonds is 4. The lowest BCUT2D eigenvalue weighted by Gasteiger charge is -2.38. The fourth-order valence-corrected chi connectivity index (χ4v) is 6.14. The molecule has 7 heteroatoms. The number of methoxy groups -OCH3 is 2. The third-order valence-electron chi connectivity index (χ3n) is 7.73. The molecule has 0 bridgehead atoms. The second-order valence-electron chi connectivity index (χ2n) is 9.64. The number of hydrogen-bond acceptors (Lipinski definition) is 6. The van der Waals surface area contributed by atoms with E-state index in [1.807, 2.05) is 67.6 Å². The summed E-state index contributed by atoms with van der Waals surface area (Å²) in [5.74, 6) is 0.149. The van der Waals surface area contributed by atoms with E-state index >= 15 is 0 Å². The van der Waals surface area contributed by atoms with Crippen LogP contribution < -0.4 is 14.2 Å². The van der Waals surface area contributed by atoms with E-state index in [1.165, 1.54) is 14.2 Å². The lowest BCUT2D eigenvalue weighted by atomic mass is 9.72. The number of ether oxygens (including phenoxy) is 4. The number of benzene rings is 3. The fourth-order valence-electron chi connectivity index (χ4n) is 5.87. The van der Waals surface area contributed by atoms with Crippen molar-refractivity contribution in [1.29, 1.82) is 0 Å². The van der Waals surface area contributed by atoms with Crippen LogP contribution in [0.5, 0.6) is 17.2 Å². The fraction of sp³-hybridized carbons (Fsp3) is 0.267. The van der Waals surface area contributed by atoms with E-state index in [9.17, 15) is 9.59 Å². The lowest BCUT2D eigenvalue weighted by molar-refractivity contribution is -0.119. The van der Waals surface area contributed by atoms with Gasteiger partial charge in [-0.15, -0.1) is 0 Å². The average Bonchev–Trinajstić information content (AvgIpc) is 3.49. The normalized spacial score (nSPS) is 23.4. The second-order valence-corrected chi connectivity index (χ2v) is 10.0. The largest absolute Gasteiger partial charge is 0.496 e. The van der Waals surface area contributed by atoms with Gasteiger partial charge in [0.05, 0.1) is 14.2 Å². The van der Waals surface area contributed by atoms with E-state index in [0.717, 1.165) is 11.1 Å². The van der Waals surface area contributed by atoms with Crippen molar-refractivity contribution in [3.8, 4) is 17.2 Å². The van der Waals surface area contributed by atoms with Gasteiger partial charge in [-0.3, -0.25) is 9.59 Å². The van der Waals surface area contributed by atoms with Crippen LogP contribution in [-0.4, -0.2) is 31.4 Å². The first-order valence-electron chi connectivity index (χ1n) is 12.1. The molecule has 3 aromatic carbocycles. The van der Waals surface area contributed by atoms with E-state index in [4.69, 9.17) is 30.5 Å². The molecule has 2 heterocycles. The van der Waals surface area contributed by atoms with Crippen molar-refractivity contribution >= 4 is 23.2 Å². The van der Waals surface area contributed by atoms with Gasteiger partial charge in [0.15, 0.2) is 22.9 Å². The smallest absolute Gasteiger partial charge is 0.231 e. The molecule has 37 heavy (non-hydrogen) atoms. The Morgan fingerprint density at radius 3 is 2.05 bits per heavy atom. The quantitative estimate of drug-likeness (QED) is 0.430. The van der Waals surface area contributed by atoms with Crippen molar-refractivity contribution in [3.05, 3.63) is 99.8 Å². The van der Waals surface area contributed by atoms with Crippen LogP contribution in [0.1, 0.15) is 41.3 Å². The van der Waals surface area contributed by atoms with Gasteiger partial charge in [0.2, 0.25) is 11.4 Å². The third-order valence-corrected chi connectivity index (χ3v) is 8.09. The van der Waals surface area contributed by atoms with Crippen molar-refractivity contribution in [3.63, 3.8) is 0 Å². The third kappa shape index (κ3) is 3.12. The molecule has 1 spiro atoms. The molecule has 0 N–H and O–H groups in total. The highest BCUT2D eigenvalue weighted by Gasteiger charge is 2.65. The van der Waals surface area contributed by atoms with Crippen LogP contribution in [0.25, 0.3) is 0 Å². The molecule has 1 aliphatic carbocycles. The van der Waals surface area contributed by atoms with Gasteiger partial charge >= 0.3 is 0 Å². The Morgan fingerprint density at radius 1 is 0.892 bits per heavy atom. The molecule has 3 aliphatic rings. The number of carbonyl (C=O) groups excluding carboxylic acids is 2. The predicted octanol–water partition coefficient (Wildman–Crippen LogP) is 5.90. The molecule has 0 amide bonds. The summed E-state index contributed by atoms with van der Waals surface area (Å²) in [5, 5.41) is 0.171. The zero-order valence-corrected chi connectivity index (χ0v) is 21.4. The van der Waals surface area contributed by atoms with Crippen LogP contribution in [0.3, 0.4) is 0 Å². The van der Waals surface area contributed by atoms with Gasteiger partial charge in [-0.25, -0.2) is 0 Å². The number of ketones is 2. The summed E-state index contributed by atoms with van der Waals surface area (Å²) in [7, 11) is 2.96. The van der Waals surface area contributed by atoms with Gasteiger partial charge in [-0.2, -0.15) is 0 Å². The summed E-state index contributed by atoms with van der Waals surface area (Å²) in [6.45, 7) is 1.83. The molecule has 0 radical (unpaired) electrons. The van der Waals surface area contributed by atoms with Crippen LogP contribution in [0, 0.1) is 5.92 Å². The molecule has 0 aromatic heterocycles. The minimum atomic E-state index is -1.56. The zero-order chi connectivity index (χ0) is 25.9. The molecule has 0 unspecified atom stereocenters. The maximum absolute atomic E-state index is 14.3. The summed E-state index contributed by atoms with van der Waals surface area (Å²) >= 11 is 6.64. The SMILES string of the molecule is COc1cc(OC)c2c(c1Cl)O[C@]1(C2=O)C2=C(CC(c3ccccc3)(c3ccccc3)O2)C(=O)C[C@H]1C. The number of carbonyl (C=O) groups is 2. The summed E-state index contributed by atoms with van der Waals surface area (Å²) < 4.78 is 24.3. The Bertz CT molecular complexity index is 1420. The molecule has 3 aromatic rings. The maximum atomic E-state index is 14.3. The van der Waals surface area contributed by atoms with Crippen LogP contribution >= 0.6 is 11.6 Å². The minimum absolute atomic E-state index is 0.0511. The number of Topliss-reactive ketones (excluding diaryl/α,β-unsaturated/α-hetero) is 2. The van der Waals surface area contributed by atoms with Gasteiger partial charge < -0.3 is 18.9 Å². The topological polar surface area (TPSA) is 71.1 Å². The van der Waals surface area contributed by atoms with E-state index in [2.05, 4.69) is 0 Å². The van der Waals surface area contributed by atoms with Gasteiger partial charge in [-0.05, 0) is 0 Å². The zero-order valence-electron chi connectivity index (χ0n) is 20.7. The first kappa shape index (κ1) is 23.6. The molecule has 2 aliphatic heterocycles. The Balaban J connectivity index is 1.56. The number of fused-ring (bicyclic) bond motifs is 2. The van der Waals surface area contributed by atoms with Gasteiger partial charge in [0, 0.05) is 41.5 Å². The van der Waals surface area contributed by atoms with Crippen LogP contribution in [0.2, 0.25) is 5.02 Å². The van der Waals surface area contributed by atoms with E-state index in [0.29, 0.717) is 17.1 Å².